The van der Waals surface area contributed by atoms with Gasteiger partial charge in [0.25, 0.3) is 0 Å². The molecule has 0 radical (unpaired) electrons. The number of aryl methyl sites for hydroxylation is 2. The van der Waals surface area contributed by atoms with E-state index in [-0.39, 0.29) is 37.4 Å². The Balaban J connectivity index is 1.44. The minimum Gasteiger partial charge on any atom is -0.454 e. The third-order valence-corrected chi connectivity index (χ3v) is 6.00. The Hall–Kier alpha value is -3.30. The van der Waals surface area contributed by atoms with E-state index in [1.807, 2.05) is 32.0 Å². The number of thioether (sulfide) groups is 1. The van der Waals surface area contributed by atoms with E-state index in [0.717, 1.165) is 17.0 Å². The molecule has 0 aliphatic carbocycles. The standard InChI is InChI=1S/C24H23ClN4O4S/c1-15-9-16(2)27-24(26-15)34-13-23(31)29(11-17-3-5-18(25)6-4-17)12-22(30)28-19-7-8-20-21(10-19)33-14-32-20/h3-10H,11-14H2,1-2H3,(H,28,30). The van der Waals surface area contributed by atoms with E-state index in [0.29, 0.717) is 27.4 Å². The number of hydrogen-bond acceptors (Lipinski definition) is 7. The van der Waals surface area contributed by atoms with Crippen molar-refractivity contribution < 1.29 is 19.1 Å². The molecule has 1 aliphatic heterocycles. The summed E-state index contributed by atoms with van der Waals surface area (Å²) in [5, 5.41) is 3.95. The number of aromatic nitrogens is 2. The van der Waals surface area contributed by atoms with Gasteiger partial charge >= 0.3 is 0 Å². The molecule has 4 rings (SSSR count). The molecule has 176 valence electrons. The Morgan fingerprint density at radius 3 is 2.47 bits per heavy atom. The van der Waals surface area contributed by atoms with Gasteiger partial charge in [-0.3, -0.25) is 9.59 Å². The van der Waals surface area contributed by atoms with Crippen molar-refractivity contribution in [3.63, 3.8) is 0 Å². The molecule has 1 N–H and O–H groups in total. The maximum atomic E-state index is 13.1. The molecule has 3 aromatic rings. The summed E-state index contributed by atoms with van der Waals surface area (Å²) in [6.07, 6.45) is 0. The maximum Gasteiger partial charge on any atom is 0.244 e. The van der Waals surface area contributed by atoms with Gasteiger partial charge in [-0.15, -0.1) is 0 Å². The monoisotopic (exact) mass is 498 g/mol. The quantitative estimate of drug-likeness (QED) is 0.367. The fraction of sp³-hybridized carbons (Fsp3) is 0.250. The highest BCUT2D eigenvalue weighted by Gasteiger charge is 2.20. The van der Waals surface area contributed by atoms with E-state index in [9.17, 15) is 9.59 Å². The number of carbonyl (C=O) groups is 2. The van der Waals surface area contributed by atoms with E-state index in [1.54, 1.807) is 30.3 Å². The van der Waals surface area contributed by atoms with Crippen molar-refractivity contribution in [1.82, 2.24) is 14.9 Å². The smallest absolute Gasteiger partial charge is 0.244 e. The Morgan fingerprint density at radius 1 is 1.03 bits per heavy atom. The van der Waals surface area contributed by atoms with Gasteiger partial charge in [0.2, 0.25) is 18.6 Å². The lowest BCUT2D eigenvalue weighted by molar-refractivity contribution is -0.132. The number of nitrogens with zero attached hydrogens (tertiary/aromatic N) is 3. The van der Waals surface area contributed by atoms with Crippen LogP contribution in [0.2, 0.25) is 5.02 Å². The van der Waals surface area contributed by atoms with Crippen LogP contribution in [0.25, 0.3) is 0 Å². The number of hydrogen-bond donors (Lipinski definition) is 1. The van der Waals surface area contributed by atoms with Crippen molar-refractivity contribution in [2.75, 3.05) is 24.4 Å². The van der Waals surface area contributed by atoms with Gasteiger partial charge in [0, 0.05) is 34.7 Å². The zero-order chi connectivity index (χ0) is 24.1. The molecule has 34 heavy (non-hydrogen) atoms. The minimum atomic E-state index is -0.325. The number of amides is 2. The first-order valence-corrected chi connectivity index (χ1v) is 11.9. The zero-order valence-corrected chi connectivity index (χ0v) is 20.3. The van der Waals surface area contributed by atoms with E-state index in [2.05, 4.69) is 15.3 Å². The van der Waals surface area contributed by atoms with Crippen LogP contribution < -0.4 is 14.8 Å². The van der Waals surface area contributed by atoms with Crippen molar-refractivity contribution in [2.24, 2.45) is 0 Å². The molecule has 2 heterocycles. The van der Waals surface area contributed by atoms with Gasteiger partial charge in [-0.1, -0.05) is 35.5 Å². The molecule has 0 fully saturated rings. The van der Waals surface area contributed by atoms with Crippen LogP contribution in [-0.4, -0.2) is 45.8 Å². The topological polar surface area (TPSA) is 93.7 Å². The summed E-state index contributed by atoms with van der Waals surface area (Å²) in [7, 11) is 0. The number of benzene rings is 2. The molecule has 10 heteroatoms. The van der Waals surface area contributed by atoms with Gasteiger partial charge in [0.15, 0.2) is 16.7 Å². The Bertz CT molecular complexity index is 1190. The highest BCUT2D eigenvalue weighted by atomic mass is 35.5. The third-order valence-electron chi connectivity index (χ3n) is 4.92. The van der Waals surface area contributed by atoms with Gasteiger partial charge < -0.3 is 19.7 Å². The summed E-state index contributed by atoms with van der Waals surface area (Å²) in [4.78, 5) is 36.2. The Kier molecular flexibility index (Phi) is 7.54. The van der Waals surface area contributed by atoms with Crippen molar-refractivity contribution in [2.45, 2.75) is 25.5 Å². The molecule has 0 spiro atoms. The predicted octanol–water partition coefficient (Wildman–Crippen LogP) is 4.24. The van der Waals surface area contributed by atoms with E-state index < -0.39 is 0 Å². The molecule has 2 amide bonds. The predicted molar refractivity (Wildman–Crippen MR) is 130 cm³/mol. The minimum absolute atomic E-state index is 0.105. The fourth-order valence-electron chi connectivity index (χ4n) is 3.37. The third kappa shape index (κ3) is 6.39. The molecule has 8 nitrogen and oxygen atoms in total. The SMILES string of the molecule is Cc1cc(C)nc(SCC(=O)N(CC(=O)Nc2ccc3c(c2)OCO3)Cc2ccc(Cl)cc2)n1. The molecular formula is C24H23ClN4O4S. The second-order valence-electron chi connectivity index (χ2n) is 7.71. The average molecular weight is 499 g/mol. The molecule has 0 atom stereocenters. The highest BCUT2D eigenvalue weighted by Crippen LogP contribution is 2.34. The molecule has 1 aromatic heterocycles. The van der Waals surface area contributed by atoms with Crippen molar-refractivity contribution in [3.8, 4) is 11.5 Å². The molecule has 0 bridgehead atoms. The molecule has 1 aliphatic rings. The van der Waals surface area contributed by atoms with Crippen LogP contribution in [0.3, 0.4) is 0 Å². The molecule has 0 unspecified atom stereocenters. The van der Waals surface area contributed by atoms with Gasteiger partial charge in [-0.2, -0.15) is 0 Å². The van der Waals surface area contributed by atoms with Crippen molar-refractivity contribution in [1.29, 1.82) is 0 Å². The summed E-state index contributed by atoms with van der Waals surface area (Å²) in [5.41, 5.74) is 3.10. The number of nitrogens with one attached hydrogen (secondary N) is 1. The first-order valence-electron chi connectivity index (χ1n) is 10.5. The van der Waals surface area contributed by atoms with Gasteiger partial charge in [0.1, 0.15) is 6.54 Å². The largest absolute Gasteiger partial charge is 0.454 e. The van der Waals surface area contributed by atoms with Crippen molar-refractivity contribution >= 4 is 40.9 Å². The number of rotatable bonds is 8. The van der Waals surface area contributed by atoms with Crippen LogP contribution >= 0.6 is 23.4 Å². The second kappa shape index (κ2) is 10.8. The summed E-state index contributed by atoms with van der Waals surface area (Å²) in [6.45, 7) is 4.06. The summed E-state index contributed by atoms with van der Waals surface area (Å²) < 4.78 is 10.7. The average Bonchev–Trinajstić information content (AvgIpc) is 3.26. The van der Waals surface area contributed by atoms with E-state index in [4.69, 9.17) is 21.1 Å². The van der Waals surface area contributed by atoms with Crippen LogP contribution in [0.4, 0.5) is 5.69 Å². The molecule has 0 saturated heterocycles. The number of anilines is 1. The van der Waals surface area contributed by atoms with Crippen LogP contribution in [0.5, 0.6) is 11.5 Å². The summed E-state index contributed by atoms with van der Waals surface area (Å²) in [6, 6.07) is 14.2. The molecule has 0 saturated carbocycles. The van der Waals surface area contributed by atoms with Gasteiger partial charge in [-0.25, -0.2) is 9.97 Å². The first-order chi connectivity index (χ1) is 16.4. The van der Waals surface area contributed by atoms with Crippen LogP contribution in [-0.2, 0) is 16.1 Å². The van der Waals surface area contributed by atoms with E-state index in [1.165, 1.54) is 16.7 Å². The lowest BCUT2D eigenvalue weighted by atomic mass is 10.2. The Labute approximate surface area is 206 Å². The molecular weight excluding hydrogens is 476 g/mol. The number of carbonyl (C=O) groups excluding carboxylic acids is 2. The van der Waals surface area contributed by atoms with Crippen molar-refractivity contribution in [3.05, 3.63) is 70.5 Å². The highest BCUT2D eigenvalue weighted by molar-refractivity contribution is 7.99. The zero-order valence-electron chi connectivity index (χ0n) is 18.7. The van der Waals surface area contributed by atoms with Gasteiger partial charge in [0.05, 0.1) is 5.75 Å². The number of fused-ring (bicyclic) bond motifs is 1. The first kappa shape index (κ1) is 23.8. The lowest BCUT2D eigenvalue weighted by Crippen LogP contribution is -2.38. The van der Waals surface area contributed by atoms with E-state index >= 15 is 0 Å². The normalized spacial score (nSPS) is 11.9. The number of halogens is 1. The van der Waals surface area contributed by atoms with Crippen LogP contribution in [0.15, 0.2) is 53.7 Å². The van der Waals surface area contributed by atoms with Crippen LogP contribution in [0, 0.1) is 13.8 Å². The summed E-state index contributed by atoms with van der Waals surface area (Å²) >= 11 is 7.23. The number of ether oxygens (including phenoxy) is 2. The lowest BCUT2D eigenvalue weighted by Gasteiger charge is -2.22. The van der Waals surface area contributed by atoms with Crippen LogP contribution in [0.1, 0.15) is 17.0 Å². The maximum absolute atomic E-state index is 13.1. The molecule has 2 aromatic carbocycles. The van der Waals surface area contributed by atoms with Gasteiger partial charge in [-0.05, 0) is 49.7 Å². The second-order valence-corrected chi connectivity index (χ2v) is 9.09. The fourth-order valence-corrected chi connectivity index (χ4v) is 4.34. The Morgan fingerprint density at radius 2 is 1.74 bits per heavy atom. The summed E-state index contributed by atoms with van der Waals surface area (Å²) in [5.74, 6) is 0.769.